The van der Waals surface area contributed by atoms with E-state index in [0.717, 1.165) is 44.3 Å². The van der Waals surface area contributed by atoms with E-state index in [-0.39, 0.29) is 0 Å². The molecule has 1 rings (SSSR count). The van der Waals surface area contributed by atoms with Crippen LogP contribution in [0.4, 0.5) is 11.6 Å². The number of likely N-dealkylation sites (N-methyl/N-ethyl adjacent to an activating group) is 1. The van der Waals surface area contributed by atoms with Crippen LogP contribution in [0.2, 0.25) is 0 Å². The molecule has 0 aliphatic rings. The van der Waals surface area contributed by atoms with Crippen LogP contribution in [-0.2, 0) is 4.74 Å². The van der Waals surface area contributed by atoms with Crippen LogP contribution < -0.4 is 10.6 Å². The lowest BCUT2D eigenvalue weighted by molar-refractivity contribution is 0.126. The number of ether oxygens (including phenoxy) is 1. The maximum absolute atomic E-state index is 5.50. The van der Waals surface area contributed by atoms with Crippen molar-refractivity contribution in [2.24, 2.45) is 0 Å². The summed E-state index contributed by atoms with van der Waals surface area (Å²) in [4.78, 5) is 10.4. The van der Waals surface area contributed by atoms with E-state index in [4.69, 9.17) is 4.74 Å². The van der Waals surface area contributed by atoms with Gasteiger partial charge >= 0.3 is 0 Å². The zero-order chi connectivity index (χ0) is 13.9. The summed E-state index contributed by atoms with van der Waals surface area (Å²) < 4.78 is 5.50. The second-order valence-corrected chi connectivity index (χ2v) is 4.56. The fraction of sp³-hybridized carbons (Fsp3) is 0.692. The summed E-state index contributed by atoms with van der Waals surface area (Å²) in [5, 5.41) is 6.45. The van der Waals surface area contributed by atoms with Crippen LogP contribution in [0.3, 0.4) is 0 Å². The van der Waals surface area contributed by atoms with Crippen LogP contribution in [0.1, 0.15) is 13.3 Å². The van der Waals surface area contributed by atoms with Crippen molar-refractivity contribution in [1.29, 1.82) is 0 Å². The Hall–Kier alpha value is -1.40. The molecule has 0 unspecified atom stereocenters. The molecule has 6 heteroatoms. The molecule has 0 aromatic carbocycles. The van der Waals surface area contributed by atoms with E-state index in [1.54, 1.807) is 6.33 Å². The molecule has 0 spiro atoms. The van der Waals surface area contributed by atoms with Gasteiger partial charge < -0.3 is 20.3 Å². The third kappa shape index (κ3) is 7.58. The standard InChI is InChI=1S/C13H25N5O/c1-4-5-14-12-10-13(17-11-16-12)15-6-8-19-9-7-18(2)3/h10-11H,4-9H2,1-3H3,(H2,14,15,16,17). The van der Waals surface area contributed by atoms with Gasteiger partial charge in [-0.2, -0.15) is 0 Å². The summed E-state index contributed by atoms with van der Waals surface area (Å²) >= 11 is 0. The Kier molecular flexibility index (Phi) is 7.84. The summed E-state index contributed by atoms with van der Waals surface area (Å²) in [6, 6.07) is 1.91. The first-order valence-corrected chi connectivity index (χ1v) is 6.74. The maximum Gasteiger partial charge on any atom is 0.131 e. The molecule has 0 fully saturated rings. The van der Waals surface area contributed by atoms with Crippen molar-refractivity contribution in [3.63, 3.8) is 0 Å². The molecule has 0 amide bonds. The van der Waals surface area contributed by atoms with Gasteiger partial charge in [0.2, 0.25) is 0 Å². The highest BCUT2D eigenvalue weighted by atomic mass is 16.5. The van der Waals surface area contributed by atoms with Crippen molar-refractivity contribution in [1.82, 2.24) is 14.9 Å². The molecular weight excluding hydrogens is 242 g/mol. The highest BCUT2D eigenvalue weighted by Crippen LogP contribution is 2.07. The summed E-state index contributed by atoms with van der Waals surface area (Å²) in [7, 11) is 4.07. The summed E-state index contributed by atoms with van der Waals surface area (Å²) in [5.74, 6) is 1.68. The second-order valence-electron chi connectivity index (χ2n) is 4.56. The number of nitrogens with one attached hydrogen (secondary N) is 2. The molecular formula is C13H25N5O. The Balaban J connectivity index is 2.18. The van der Waals surface area contributed by atoms with Crippen LogP contribution in [0.15, 0.2) is 12.4 Å². The minimum absolute atomic E-state index is 0.676. The molecule has 108 valence electrons. The first-order valence-electron chi connectivity index (χ1n) is 6.74. The van der Waals surface area contributed by atoms with Crippen molar-refractivity contribution in [2.75, 3.05) is 57.6 Å². The van der Waals surface area contributed by atoms with Crippen LogP contribution in [0, 0.1) is 0 Å². The first-order chi connectivity index (χ1) is 9.22. The summed E-state index contributed by atoms with van der Waals surface area (Å²) in [6.45, 7) is 6.16. The second kappa shape index (κ2) is 9.52. The lowest BCUT2D eigenvalue weighted by Gasteiger charge is -2.11. The van der Waals surface area contributed by atoms with Gasteiger partial charge in [-0.3, -0.25) is 0 Å². The average Bonchev–Trinajstić information content (AvgIpc) is 2.40. The molecule has 1 aromatic heterocycles. The van der Waals surface area contributed by atoms with Crippen molar-refractivity contribution in [2.45, 2.75) is 13.3 Å². The number of nitrogens with zero attached hydrogens (tertiary/aromatic N) is 3. The van der Waals surface area contributed by atoms with E-state index in [1.165, 1.54) is 0 Å². The number of anilines is 2. The number of rotatable bonds is 10. The van der Waals surface area contributed by atoms with Gasteiger partial charge in [-0.1, -0.05) is 6.92 Å². The van der Waals surface area contributed by atoms with Crippen molar-refractivity contribution >= 4 is 11.6 Å². The fourth-order valence-electron chi connectivity index (χ4n) is 1.40. The third-order valence-corrected chi connectivity index (χ3v) is 2.46. The lowest BCUT2D eigenvalue weighted by atomic mass is 10.4. The molecule has 19 heavy (non-hydrogen) atoms. The van der Waals surface area contributed by atoms with Gasteiger partial charge in [-0.05, 0) is 20.5 Å². The van der Waals surface area contributed by atoms with Gasteiger partial charge in [0.05, 0.1) is 13.2 Å². The zero-order valence-electron chi connectivity index (χ0n) is 12.1. The van der Waals surface area contributed by atoms with Crippen LogP contribution in [-0.4, -0.2) is 61.8 Å². The molecule has 0 radical (unpaired) electrons. The van der Waals surface area contributed by atoms with Gasteiger partial charge in [-0.15, -0.1) is 0 Å². The van der Waals surface area contributed by atoms with Gasteiger partial charge in [0.25, 0.3) is 0 Å². The highest BCUT2D eigenvalue weighted by molar-refractivity contribution is 5.46. The minimum Gasteiger partial charge on any atom is -0.378 e. The highest BCUT2D eigenvalue weighted by Gasteiger charge is 1.97. The molecule has 6 nitrogen and oxygen atoms in total. The van der Waals surface area contributed by atoms with Crippen LogP contribution in [0.25, 0.3) is 0 Å². The Morgan fingerprint density at radius 2 is 1.79 bits per heavy atom. The predicted molar refractivity (Wildman–Crippen MR) is 78.7 cm³/mol. The van der Waals surface area contributed by atoms with Crippen LogP contribution >= 0.6 is 0 Å². The van der Waals surface area contributed by atoms with E-state index in [1.807, 2.05) is 20.2 Å². The monoisotopic (exact) mass is 267 g/mol. The topological polar surface area (TPSA) is 62.3 Å². The van der Waals surface area contributed by atoms with Gasteiger partial charge in [0, 0.05) is 25.7 Å². The fourth-order valence-corrected chi connectivity index (χ4v) is 1.40. The van der Waals surface area contributed by atoms with E-state index >= 15 is 0 Å². The van der Waals surface area contributed by atoms with E-state index in [0.29, 0.717) is 6.61 Å². The average molecular weight is 267 g/mol. The Bertz CT molecular complexity index is 346. The molecule has 0 aliphatic heterocycles. The minimum atomic E-state index is 0.676. The molecule has 0 atom stereocenters. The molecule has 1 aromatic rings. The van der Waals surface area contributed by atoms with Gasteiger partial charge in [0.1, 0.15) is 18.0 Å². The molecule has 1 heterocycles. The largest absolute Gasteiger partial charge is 0.378 e. The Morgan fingerprint density at radius 3 is 2.42 bits per heavy atom. The maximum atomic E-state index is 5.50. The lowest BCUT2D eigenvalue weighted by Crippen LogP contribution is -2.20. The van der Waals surface area contributed by atoms with Gasteiger partial charge in [-0.25, -0.2) is 9.97 Å². The quantitative estimate of drug-likeness (QED) is 0.623. The summed E-state index contributed by atoms with van der Waals surface area (Å²) in [5.41, 5.74) is 0. The number of hydrogen-bond acceptors (Lipinski definition) is 6. The van der Waals surface area contributed by atoms with Crippen molar-refractivity contribution in [3.8, 4) is 0 Å². The molecule has 0 aliphatic carbocycles. The smallest absolute Gasteiger partial charge is 0.131 e. The SMILES string of the molecule is CCCNc1cc(NCCOCCN(C)C)ncn1. The normalized spacial score (nSPS) is 10.7. The molecule has 0 bridgehead atoms. The number of aromatic nitrogens is 2. The van der Waals surface area contributed by atoms with Crippen molar-refractivity contribution in [3.05, 3.63) is 12.4 Å². The van der Waals surface area contributed by atoms with E-state index in [9.17, 15) is 0 Å². The van der Waals surface area contributed by atoms with E-state index in [2.05, 4.69) is 32.4 Å². The molecule has 0 saturated heterocycles. The Morgan fingerprint density at radius 1 is 1.11 bits per heavy atom. The van der Waals surface area contributed by atoms with E-state index < -0.39 is 0 Å². The predicted octanol–water partition coefficient (Wildman–Crippen LogP) is 1.29. The van der Waals surface area contributed by atoms with Crippen molar-refractivity contribution < 1.29 is 4.74 Å². The third-order valence-electron chi connectivity index (χ3n) is 2.46. The zero-order valence-corrected chi connectivity index (χ0v) is 12.1. The molecule has 2 N–H and O–H groups in total. The first kappa shape index (κ1) is 15.7. The number of hydrogen-bond donors (Lipinski definition) is 2. The molecule has 0 saturated carbocycles. The Labute approximate surface area is 115 Å². The van der Waals surface area contributed by atoms with Crippen LogP contribution in [0.5, 0.6) is 0 Å². The van der Waals surface area contributed by atoms with Gasteiger partial charge in [0.15, 0.2) is 0 Å². The summed E-state index contributed by atoms with van der Waals surface area (Å²) in [6.07, 6.45) is 2.64.